The van der Waals surface area contributed by atoms with Crippen LogP contribution in [0.3, 0.4) is 0 Å². The summed E-state index contributed by atoms with van der Waals surface area (Å²) >= 11 is 0. The van der Waals surface area contributed by atoms with E-state index in [1.165, 1.54) is 0 Å². The number of Topliss-reactive ketones (excluding diaryl/α,β-unsaturated/α-hetero) is 20. The van der Waals surface area contributed by atoms with E-state index in [4.69, 9.17) is 0 Å². The van der Waals surface area contributed by atoms with E-state index in [0.29, 0.717) is 0 Å². The fourth-order valence-electron chi connectivity index (χ4n) is 5.84. The first kappa shape index (κ1) is 71.9. The summed E-state index contributed by atoms with van der Waals surface area (Å²) in [7, 11) is 0. The molecule has 0 bridgehead atoms. The number of ketones is 20. The van der Waals surface area contributed by atoms with Crippen molar-refractivity contribution in [3.05, 3.63) is 0 Å². The number of carbonyl (C=O) groups excluding carboxylic acids is 20. The second-order valence-corrected chi connectivity index (χ2v) is 15.4. The van der Waals surface area contributed by atoms with Gasteiger partial charge in [-0.1, -0.05) is 0 Å². The third-order valence-corrected chi connectivity index (χ3v) is 9.80. The molecule has 69 heavy (non-hydrogen) atoms. The predicted octanol–water partition coefficient (Wildman–Crippen LogP) is -2.97. The summed E-state index contributed by atoms with van der Waals surface area (Å²) in [6.07, 6.45) is 0. The van der Waals surface area contributed by atoms with Crippen LogP contribution >= 0.6 is 0 Å². The number of rotatable bonds is 24. The molecule has 0 fully saturated rings. The molecule has 4 N–H and O–H groups in total. The van der Waals surface area contributed by atoms with Gasteiger partial charge in [0.05, 0.1) is 0 Å². The topological polar surface area (TPSA) is 422 Å². The van der Waals surface area contributed by atoms with Gasteiger partial charge in [-0.2, -0.15) is 0 Å². The number of carbonyl (C=O) groups is 20. The Kier molecular flexibility index (Phi) is 29.7. The van der Waals surface area contributed by atoms with Crippen LogP contribution in [0.25, 0.3) is 0 Å². The molecule has 0 aromatic rings. The molecule has 0 aliphatic rings. The van der Waals surface area contributed by atoms with Gasteiger partial charge in [0.25, 0.3) is 0 Å². The van der Waals surface area contributed by atoms with Crippen LogP contribution in [0.4, 0.5) is 0 Å². The van der Waals surface area contributed by atoms with Gasteiger partial charge in [0.15, 0.2) is 69.4 Å². The predicted molar refractivity (Wildman–Crippen MR) is 225 cm³/mol. The van der Waals surface area contributed by atoms with Crippen molar-refractivity contribution in [1.29, 1.82) is 0 Å². The molecule has 0 aliphatic carbocycles. The van der Waals surface area contributed by atoms with Crippen LogP contribution in [0.2, 0.25) is 0 Å². The van der Waals surface area contributed by atoms with E-state index < -0.39 is 162 Å². The molecular weight excluding hydrogens is 960 g/mol. The van der Waals surface area contributed by atoms with Gasteiger partial charge < -0.3 is 20.4 Å². The zero-order valence-electron chi connectivity index (χ0n) is 40.8. The number of hydrogen-bond donors (Lipinski definition) is 4. The van der Waals surface area contributed by atoms with Crippen molar-refractivity contribution in [3.8, 4) is 0 Å². The molecule has 0 atom stereocenters. The Labute approximate surface area is 409 Å². The fraction of sp³-hybridized carbons (Fsp3) is 0.545. The zero-order chi connectivity index (χ0) is 55.9. The third-order valence-electron chi connectivity index (χ3n) is 9.80. The van der Waals surface area contributed by atoms with Crippen LogP contribution in [0.1, 0.15) is 111 Å². The van der Waals surface area contributed by atoms with Crippen LogP contribution in [0.5, 0.6) is 0 Å². The van der Waals surface area contributed by atoms with Crippen LogP contribution < -0.4 is 0 Å². The largest absolute Gasteiger partial charge is 0.369 e. The van der Waals surface area contributed by atoms with Crippen molar-refractivity contribution in [2.24, 2.45) is 23.7 Å². The monoisotopic (exact) mass is 1020 g/mol. The van der Waals surface area contributed by atoms with Crippen molar-refractivity contribution in [3.63, 3.8) is 0 Å². The summed E-state index contributed by atoms with van der Waals surface area (Å²) in [4.78, 5) is 226. The summed E-state index contributed by atoms with van der Waals surface area (Å²) in [5.41, 5.74) is -11.7. The molecule has 25 heteroatoms. The summed E-state index contributed by atoms with van der Waals surface area (Å²) in [6.45, 7) is 14.6. The summed E-state index contributed by atoms with van der Waals surface area (Å²) < 4.78 is 0. The maximum absolute atomic E-state index is 11.8. The number of aliphatic hydroxyl groups is 4. The maximum Gasteiger partial charge on any atom is 0.240 e. The Balaban J connectivity index is -0.000000263. The van der Waals surface area contributed by atoms with Gasteiger partial charge in [-0.05, 0) is 111 Å². The second kappa shape index (κ2) is 28.4. The molecule has 0 radical (unpaired) electrons. The second-order valence-electron chi connectivity index (χ2n) is 15.4. The average Bonchev–Trinajstić information content (AvgIpc) is 3.14. The normalized spacial score (nSPS) is 11.0. The Morgan fingerprint density at radius 3 is 0.333 bits per heavy atom. The first-order valence-electron chi connectivity index (χ1n) is 19.4. The summed E-state index contributed by atoms with van der Waals surface area (Å²) in [5, 5.41) is 39.0. The van der Waals surface area contributed by atoms with E-state index in [1.54, 1.807) is 0 Å². The Hall–Kier alpha value is -6.05. The average molecular weight is 1020 g/mol. The maximum atomic E-state index is 11.8. The standard InChI is InChI=1S/4C11H14O6.Ti/c4*1-5(12)9(6(2)13)10(16)11(17,7(3)14)8(4)15;/h4*9,17H,1-4H3;. The first-order valence-corrected chi connectivity index (χ1v) is 19.4. The van der Waals surface area contributed by atoms with E-state index in [9.17, 15) is 116 Å². The fourth-order valence-corrected chi connectivity index (χ4v) is 5.84. The quantitative estimate of drug-likeness (QED) is 0.0554. The molecular formula is C44H56O24Ti. The van der Waals surface area contributed by atoms with Gasteiger partial charge in [-0.3, -0.25) is 95.9 Å². The van der Waals surface area contributed by atoms with E-state index in [2.05, 4.69) is 0 Å². The van der Waals surface area contributed by atoms with Gasteiger partial charge in [-0.15, -0.1) is 0 Å². The molecule has 0 saturated heterocycles. The first-order chi connectivity index (χ1) is 30.2. The van der Waals surface area contributed by atoms with Crippen molar-refractivity contribution in [2.75, 3.05) is 0 Å². The van der Waals surface area contributed by atoms with Crippen molar-refractivity contribution in [1.82, 2.24) is 0 Å². The van der Waals surface area contributed by atoms with E-state index in [0.717, 1.165) is 111 Å². The number of hydrogen-bond acceptors (Lipinski definition) is 24. The third kappa shape index (κ3) is 17.1. The molecule has 0 spiro atoms. The van der Waals surface area contributed by atoms with Crippen molar-refractivity contribution >= 4 is 116 Å². The smallest absolute Gasteiger partial charge is 0.240 e. The molecule has 0 amide bonds. The summed E-state index contributed by atoms with van der Waals surface area (Å²) in [6, 6.07) is 0. The van der Waals surface area contributed by atoms with Crippen LogP contribution in [0.15, 0.2) is 0 Å². The van der Waals surface area contributed by atoms with Gasteiger partial charge >= 0.3 is 0 Å². The Morgan fingerprint density at radius 2 is 0.290 bits per heavy atom. The van der Waals surface area contributed by atoms with E-state index >= 15 is 0 Å². The van der Waals surface area contributed by atoms with Gasteiger partial charge in [0.2, 0.25) is 22.4 Å². The van der Waals surface area contributed by atoms with E-state index in [-0.39, 0.29) is 21.7 Å². The van der Waals surface area contributed by atoms with Crippen LogP contribution in [0, 0.1) is 23.7 Å². The molecule has 380 valence electrons. The Bertz CT molecular complexity index is 1830. The molecule has 0 heterocycles. The van der Waals surface area contributed by atoms with Gasteiger partial charge in [0.1, 0.15) is 69.9 Å². The molecule has 0 saturated carbocycles. The van der Waals surface area contributed by atoms with Crippen LogP contribution in [-0.4, -0.2) is 158 Å². The van der Waals surface area contributed by atoms with E-state index in [1.807, 2.05) is 0 Å². The summed E-state index contributed by atoms with van der Waals surface area (Å²) in [5.74, 6) is -28.0. The minimum atomic E-state index is -2.91. The van der Waals surface area contributed by atoms with Crippen molar-refractivity contribution < 1.29 is 138 Å². The molecule has 0 rings (SSSR count). The minimum Gasteiger partial charge on any atom is -0.369 e. The Morgan fingerprint density at radius 1 is 0.217 bits per heavy atom. The molecule has 0 aromatic heterocycles. The van der Waals surface area contributed by atoms with Gasteiger partial charge in [0, 0.05) is 21.7 Å². The van der Waals surface area contributed by atoms with Crippen molar-refractivity contribution in [2.45, 2.75) is 133 Å². The molecule has 24 nitrogen and oxygen atoms in total. The van der Waals surface area contributed by atoms with Crippen LogP contribution in [-0.2, 0) is 118 Å². The molecule has 0 aromatic carbocycles. The van der Waals surface area contributed by atoms with Gasteiger partial charge in [-0.25, -0.2) is 0 Å². The molecule has 0 aliphatic heterocycles. The minimum absolute atomic E-state index is 0. The zero-order valence-corrected chi connectivity index (χ0v) is 42.3. The molecule has 0 unspecified atom stereocenters. The SMILES string of the molecule is CC(=O)C(C(C)=O)C(=O)C(O)(C(C)=O)C(C)=O.CC(=O)C(C(C)=O)C(=O)C(O)(C(C)=O)C(C)=O.CC(=O)C(C(C)=O)C(=O)C(O)(C(C)=O)C(C)=O.CC(=O)C(C(C)=O)C(=O)C(O)(C(C)=O)C(C)=O.[Ti].